The molecule has 0 spiro atoms. The third-order valence-corrected chi connectivity index (χ3v) is 4.13. The van der Waals surface area contributed by atoms with E-state index in [0.717, 1.165) is 10.9 Å². The molecular formula is C20H16N2O5. The molecule has 1 aliphatic rings. The first-order valence-electron chi connectivity index (χ1n) is 8.37. The van der Waals surface area contributed by atoms with Crippen LogP contribution >= 0.6 is 0 Å². The number of esters is 1. The molecule has 2 heterocycles. The molecule has 1 N–H and O–H groups in total. The molecule has 0 saturated heterocycles. The van der Waals surface area contributed by atoms with Crippen LogP contribution in [0.4, 0.5) is 0 Å². The molecular weight excluding hydrogens is 348 g/mol. The van der Waals surface area contributed by atoms with E-state index in [1.807, 2.05) is 30.3 Å². The first kappa shape index (κ1) is 16.8. The van der Waals surface area contributed by atoms with Crippen LogP contribution < -0.4 is 14.8 Å². The average Bonchev–Trinajstić information content (AvgIpc) is 3.18. The van der Waals surface area contributed by atoms with Gasteiger partial charge in [-0.05, 0) is 29.1 Å². The van der Waals surface area contributed by atoms with Crippen molar-refractivity contribution in [1.82, 2.24) is 10.3 Å². The van der Waals surface area contributed by atoms with Crippen LogP contribution in [0.15, 0.2) is 54.7 Å². The first-order valence-corrected chi connectivity index (χ1v) is 8.37. The Morgan fingerprint density at radius 3 is 2.85 bits per heavy atom. The highest BCUT2D eigenvalue weighted by molar-refractivity contribution is 6.03. The minimum absolute atomic E-state index is 0.191. The Morgan fingerprint density at radius 1 is 1.07 bits per heavy atom. The number of amides is 1. The van der Waals surface area contributed by atoms with Gasteiger partial charge in [-0.25, -0.2) is 9.78 Å². The molecule has 1 aliphatic heterocycles. The normalized spacial score (nSPS) is 12.0. The molecule has 136 valence electrons. The number of aromatic nitrogens is 1. The minimum atomic E-state index is -0.634. The largest absolute Gasteiger partial charge is 0.454 e. The van der Waals surface area contributed by atoms with Gasteiger partial charge in [-0.2, -0.15) is 0 Å². The van der Waals surface area contributed by atoms with Crippen LogP contribution in [0.2, 0.25) is 0 Å². The zero-order chi connectivity index (χ0) is 18.6. The van der Waals surface area contributed by atoms with Crippen molar-refractivity contribution >= 4 is 22.6 Å². The Bertz CT molecular complexity index is 1010. The molecule has 1 amide bonds. The number of pyridine rings is 1. The molecule has 0 fully saturated rings. The van der Waals surface area contributed by atoms with Gasteiger partial charge in [0.15, 0.2) is 23.8 Å². The molecule has 7 heteroatoms. The number of hydrogen-bond acceptors (Lipinski definition) is 6. The first-order chi connectivity index (χ1) is 13.2. The molecule has 1 aromatic heterocycles. The van der Waals surface area contributed by atoms with Crippen LogP contribution in [0.1, 0.15) is 16.1 Å². The van der Waals surface area contributed by atoms with Gasteiger partial charge >= 0.3 is 5.97 Å². The number of nitrogens with zero attached hydrogens (tertiary/aromatic N) is 1. The fraction of sp³-hybridized carbons (Fsp3) is 0.150. The van der Waals surface area contributed by atoms with E-state index in [9.17, 15) is 9.59 Å². The Kier molecular flexibility index (Phi) is 4.57. The monoisotopic (exact) mass is 364 g/mol. The van der Waals surface area contributed by atoms with Crippen LogP contribution in [0, 0.1) is 0 Å². The smallest absolute Gasteiger partial charge is 0.358 e. The van der Waals surface area contributed by atoms with Crippen molar-refractivity contribution in [3.8, 4) is 11.5 Å². The standard InChI is InChI=1S/C20H16N2O5/c23-18(22-10-13-5-6-16-17(9-13)27-12-26-16)11-25-20(24)19-15-4-2-1-3-14(15)7-8-21-19/h1-9H,10-12H2,(H,22,23). The van der Waals surface area contributed by atoms with Crippen molar-refractivity contribution in [2.45, 2.75) is 6.54 Å². The molecule has 2 aromatic carbocycles. The van der Waals surface area contributed by atoms with E-state index >= 15 is 0 Å². The van der Waals surface area contributed by atoms with Gasteiger partial charge in [0.2, 0.25) is 6.79 Å². The summed E-state index contributed by atoms with van der Waals surface area (Å²) in [4.78, 5) is 28.3. The number of nitrogens with one attached hydrogen (secondary N) is 1. The highest BCUT2D eigenvalue weighted by atomic mass is 16.7. The number of carbonyl (C=O) groups excluding carboxylic acids is 2. The predicted octanol–water partition coefficient (Wildman–Crippen LogP) is 2.44. The Labute approximate surface area is 154 Å². The molecule has 4 rings (SSSR count). The zero-order valence-corrected chi connectivity index (χ0v) is 14.3. The fourth-order valence-electron chi connectivity index (χ4n) is 2.78. The van der Waals surface area contributed by atoms with Gasteiger partial charge in [-0.15, -0.1) is 0 Å². The highest BCUT2D eigenvalue weighted by Gasteiger charge is 2.16. The third-order valence-electron chi connectivity index (χ3n) is 4.13. The van der Waals surface area contributed by atoms with Gasteiger partial charge in [0.05, 0.1) is 0 Å². The predicted molar refractivity (Wildman–Crippen MR) is 96.4 cm³/mol. The fourth-order valence-corrected chi connectivity index (χ4v) is 2.78. The van der Waals surface area contributed by atoms with E-state index in [1.165, 1.54) is 0 Å². The molecule has 27 heavy (non-hydrogen) atoms. The maximum absolute atomic E-state index is 12.3. The molecule has 0 unspecified atom stereocenters. The summed E-state index contributed by atoms with van der Waals surface area (Å²) in [6.45, 7) is 0.108. The van der Waals surface area contributed by atoms with Crippen LogP contribution in [0.25, 0.3) is 10.8 Å². The number of ether oxygens (including phenoxy) is 3. The van der Waals surface area contributed by atoms with Crippen molar-refractivity contribution in [3.63, 3.8) is 0 Å². The molecule has 7 nitrogen and oxygen atoms in total. The minimum Gasteiger partial charge on any atom is -0.454 e. The van der Waals surface area contributed by atoms with Crippen molar-refractivity contribution < 1.29 is 23.8 Å². The molecule has 0 saturated carbocycles. The number of fused-ring (bicyclic) bond motifs is 2. The number of rotatable bonds is 5. The van der Waals surface area contributed by atoms with Crippen LogP contribution in [0.5, 0.6) is 11.5 Å². The second-order valence-electron chi connectivity index (χ2n) is 5.92. The van der Waals surface area contributed by atoms with E-state index < -0.39 is 11.9 Å². The quantitative estimate of drug-likeness (QED) is 0.700. The lowest BCUT2D eigenvalue weighted by molar-refractivity contribution is -0.124. The third kappa shape index (κ3) is 3.67. The number of hydrogen-bond donors (Lipinski definition) is 1. The topological polar surface area (TPSA) is 86.8 Å². The van der Waals surface area contributed by atoms with Gasteiger partial charge in [0.25, 0.3) is 5.91 Å². The van der Waals surface area contributed by atoms with Crippen molar-refractivity contribution in [2.75, 3.05) is 13.4 Å². The van der Waals surface area contributed by atoms with Crippen LogP contribution in [-0.4, -0.2) is 30.3 Å². The second-order valence-corrected chi connectivity index (χ2v) is 5.92. The van der Waals surface area contributed by atoms with Crippen molar-refractivity contribution in [2.24, 2.45) is 0 Å². The average molecular weight is 364 g/mol. The van der Waals surface area contributed by atoms with E-state index in [4.69, 9.17) is 14.2 Å². The van der Waals surface area contributed by atoms with Gasteiger partial charge in [-0.1, -0.05) is 30.3 Å². The summed E-state index contributed by atoms with van der Waals surface area (Å²) in [6, 6.07) is 14.6. The zero-order valence-electron chi connectivity index (χ0n) is 14.3. The molecule has 0 bridgehead atoms. The summed E-state index contributed by atoms with van der Waals surface area (Å²) in [5.74, 6) is 0.295. The lowest BCUT2D eigenvalue weighted by atomic mass is 10.1. The SMILES string of the molecule is O=C(COC(=O)c1nccc2ccccc12)NCc1ccc2c(c1)OCO2. The highest BCUT2D eigenvalue weighted by Crippen LogP contribution is 2.32. The van der Waals surface area contributed by atoms with Gasteiger partial charge in [0, 0.05) is 18.1 Å². The van der Waals surface area contributed by atoms with Crippen molar-refractivity contribution in [1.29, 1.82) is 0 Å². The Morgan fingerprint density at radius 2 is 1.93 bits per heavy atom. The molecule has 0 radical (unpaired) electrons. The van der Waals surface area contributed by atoms with Gasteiger partial charge in [-0.3, -0.25) is 4.79 Å². The van der Waals surface area contributed by atoms with E-state index in [-0.39, 0.29) is 19.1 Å². The summed E-state index contributed by atoms with van der Waals surface area (Å²) >= 11 is 0. The van der Waals surface area contributed by atoms with E-state index in [2.05, 4.69) is 10.3 Å². The van der Waals surface area contributed by atoms with Crippen LogP contribution in [-0.2, 0) is 16.1 Å². The van der Waals surface area contributed by atoms with Gasteiger partial charge < -0.3 is 19.5 Å². The van der Waals surface area contributed by atoms with Crippen molar-refractivity contribution in [3.05, 3.63) is 66.0 Å². The van der Waals surface area contributed by atoms with Gasteiger partial charge in [0.1, 0.15) is 0 Å². The molecule has 0 atom stereocenters. The maximum atomic E-state index is 12.3. The lowest BCUT2D eigenvalue weighted by Crippen LogP contribution is -2.28. The number of benzene rings is 2. The molecule has 0 aliphatic carbocycles. The Hall–Kier alpha value is -3.61. The molecule has 3 aromatic rings. The summed E-state index contributed by atoms with van der Waals surface area (Å²) in [6.07, 6.45) is 1.54. The summed E-state index contributed by atoms with van der Waals surface area (Å²) < 4.78 is 15.6. The number of carbonyl (C=O) groups is 2. The van der Waals surface area contributed by atoms with E-state index in [0.29, 0.717) is 23.4 Å². The second kappa shape index (κ2) is 7.33. The van der Waals surface area contributed by atoms with E-state index in [1.54, 1.807) is 24.4 Å². The van der Waals surface area contributed by atoms with Crippen LogP contribution in [0.3, 0.4) is 0 Å². The summed E-state index contributed by atoms with van der Waals surface area (Å²) in [5, 5.41) is 4.27. The summed E-state index contributed by atoms with van der Waals surface area (Å²) in [7, 11) is 0. The lowest BCUT2D eigenvalue weighted by Gasteiger charge is -2.08. The Balaban J connectivity index is 1.33. The maximum Gasteiger partial charge on any atom is 0.358 e. The summed E-state index contributed by atoms with van der Waals surface area (Å²) in [5.41, 5.74) is 1.05.